The molecule has 2 aliphatic rings. The van der Waals surface area contributed by atoms with Gasteiger partial charge in [0.15, 0.2) is 0 Å². The smallest absolute Gasteiger partial charge is 0.326 e. The lowest BCUT2D eigenvalue weighted by Gasteiger charge is -2.33. The highest BCUT2D eigenvalue weighted by Gasteiger charge is 2.48. The number of hydrogen-bond donors (Lipinski definition) is 1. The first kappa shape index (κ1) is 14.0. The predicted octanol–water partition coefficient (Wildman–Crippen LogP) is 2.39. The Kier molecular flexibility index (Phi) is 3.66. The molecule has 1 aromatic rings. The van der Waals surface area contributed by atoms with Crippen LogP contribution < -0.4 is 0 Å². The van der Waals surface area contributed by atoms with Crippen LogP contribution in [0.15, 0.2) is 24.3 Å². The molecule has 1 saturated carbocycles. The number of halogens is 1. The Morgan fingerprint density at radius 1 is 1.19 bits per heavy atom. The van der Waals surface area contributed by atoms with E-state index in [0.29, 0.717) is 13.0 Å². The molecule has 1 saturated heterocycles. The van der Waals surface area contributed by atoms with Gasteiger partial charge in [0.2, 0.25) is 5.91 Å². The Morgan fingerprint density at radius 2 is 1.90 bits per heavy atom. The average Bonchev–Trinajstić information content (AvgIpc) is 3.27. The molecule has 112 valence electrons. The molecule has 1 amide bonds. The molecule has 3 unspecified atom stereocenters. The zero-order chi connectivity index (χ0) is 15.0. The minimum absolute atomic E-state index is 0.0589. The van der Waals surface area contributed by atoms with Crippen LogP contribution in [0.4, 0.5) is 4.39 Å². The van der Waals surface area contributed by atoms with Gasteiger partial charge in [-0.15, -0.1) is 0 Å². The number of carbonyl (C=O) groups excluding carboxylic acids is 1. The van der Waals surface area contributed by atoms with Crippen molar-refractivity contribution < 1.29 is 19.1 Å². The number of benzene rings is 1. The number of aliphatic carboxylic acids is 1. The van der Waals surface area contributed by atoms with Crippen LogP contribution in [0.5, 0.6) is 0 Å². The standard InChI is InChI=1S/C16H18FNO3/c17-11-6-4-10(5-7-11)12-9-13(12)15(19)18-8-2-1-3-14(18)16(20)21/h4-7,12-14H,1-3,8-9H2,(H,20,21). The summed E-state index contributed by atoms with van der Waals surface area (Å²) >= 11 is 0. The molecule has 0 bridgehead atoms. The molecule has 0 aromatic heterocycles. The Balaban J connectivity index is 1.69. The summed E-state index contributed by atoms with van der Waals surface area (Å²) in [5, 5.41) is 9.24. The normalized spacial score (nSPS) is 28.2. The minimum Gasteiger partial charge on any atom is -0.480 e. The summed E-state index contributed by atoms with van der Waals surface area (Å²) in [7, 11) is 0. The van der Waals surface area contributed by atoms with E-state index in [1.54, 1.807) is 12.1 Å². The van der Waals surface area contributed by atoms with Crippen LogP contribution in [0, 0.1) is 11.7 Å². The number of carbonyl (C=O) groups is 2. The van der Waals surface area contributed by atoms with E-state index in [-0.39, 0.29) is 23.6 Å². The van der Waals surface area contributed by atoms with Crippen molar-refractivity contribution in [2.24, 2.45) is 5.92 Å². The van der Waals surface area contributed by atoms with E-state index >= 15 is 0 Å². The average molecular weight is 291 g/mol. The number of carboxylic acids is 1. The Labute approximate surface area is 122 Å². The third-order valence-electron chi connectivity index (χ3n) is 4.48. The number of rotatable bonds is 3. The Hall–Kier alpha value is -1.91. The SMILES string of the molecule is O=C(O)C1CCCCN1C(=O)C1CC1c1ccc(F)cc1. The third kappa shape index (κ3) is 2.77. The maximum absolute atomic E-state index is 12.9. The van der Waals surface area contributed by atoms with Crippen molar-refractivity contribution in [3.63, 3.8) is 0 Å². The van der Waals surface area contributed by atoms with Crippen molar-refractivity contribution in [2.75, 3.05) is 6.54 Å². The van der Waals surface area contributed by atoms with Gasteiger partial charge >= 0.3 is 5.97 Å². The van der Waals surface area contributed by atoms with Crippen LogP contribution in [-0.4, -0.2) is 34.5 Å². The first-order valence-electron chi connectivity index (χ1n) is 7.36. The Morgan fingerprint density at radius 3 is 2.57 bits per heavy atom. The van der Waals surface area contributed by atoms with Gasteiger partial charge in [0, 0.05) is 12.5 Å². The van der Waals surface area contributed by atoms with E-state index < -0.39 is 12.0 Å². The van der Waals surface area contributed by atoms with Crippen molar-refractivity contribution >= 4 is 11.9 Å². The molecule has 1 aliphatic carbocycles. The molecule has 0 radical (unpaired) electrons. The lowest BCUT2D eigenvalue weighted by Crippen LogP contribution is -2.48. The fourth-order valence-electron chi connectivity index (χ4n) is 3.21. The first-order chi connectivity index (χ1) is 10.1. The number of piperidine rings is 1. The zero-order valence-electron chi connectivity index (χ0n) is 11.7. The van der Waals surface area contributed by atoms with Gasteiger partial charge in [-0.25, -0.2) is 9.18 Å². The molecular formula is C16H18FNO3. The maximum Gasteiger partial charge on any atom is 0.326 e. The molecule has 2 fully saturated rings. The van der Waals surface area contributed by atoms with E-state index in [4.69, 9.17) is 0 Å². The molecule has 1 heterocycles. The molecule has 3 rings (SSSR count). The lowest BCUT2D eigenvalue weighted by molar-refractivity contribution is -0.152. The van der Waals surface area contributed by atoms with Crippen LogP contribution in [0.25, 0.3) is 0 Å². The summed E-state index contributed by atoms with van der Waals surface area (Å²) < 4.78 is 12.9. The summed E-state index contributed by atoms with van der Waals surface area (Å²) in [4.78, 5) is 25.3. The quantitative estimate of drug-likeness (QED) is 0.930. The number of nitrogens with zero attached hydrogens (tertiary/aromatic N) is 1. The predicted molar refractivity (Wildman–Crippen MR) is 74.2 cm³/mol. The van der Waals surface area contributed by atoms with E-state index in [0.717, 1.165) is 24.8 Å². The molecule has 1 aliphatic heterocycles. The van der Waals surface area contributed by atoms with Crippen molar-refractivity contribution in [3.8, 4) is 0 Å². The molecular weight excluding hydrogens is 273 g/mol. The number of amides is 1. The first-order valence-corrected chi connectivity index (χ1v) is 7.36. The second-order valence-corrected chi connectivity index (χ2v) is 5.88. The summed E-state index contributed by atoms with van der Waals surface area (Å²) in [6.45, 7) is 0.530. The largest absolute Gasteiger partial charge is 0.480 e. The van der Waals surface area contributed by atoms with Gasteiger partial charge < -0.3 is 10.0 Å². The van der Waals surface area contributed by atoms with Gasteiger partial charge in [0.25, 0.3) is 0 Å². The number of likely N-dealkylation sites (tertiary alicyclic amines) is 1. The molecule has 1 N–H and O–H groups in total. The number of hydrogen-bond acceptors (Lipinski definition) is 2. The fourth-order valence-corrected chi connectivity index (χ4v) is 3.21. The highest BCUT2D eigenvalue weighted by atomic mass is 19.1. The fraction of sp³-hybridized carbons (Fsp3) is 0.500. The third-order valence-corrected chi connectivity index (χ3v) is 4.48. The van der Waals surface area contributed by atoms with Crippen molar-refractivity contribution in [1.29, 1.82) is 0 Å². The van der Waals surface area contributed by atoms with Crippen molar-refractivity contribution in [3.05, 3.63) is 35.6 Å². The highest BCUT2D eigenvalue weighted by Crippen LogP contribution is 2.49. The second kappa shape index (κ2) is 5.47. The van der Waals surface area contributed by atoms with Gasteiger partial charge in [-0.05, 0) is 49.3 Å². The van der Waals surface area contributed by atoms with Crippen LogP contribution in [0.1, 0.15) is 37.2 Å². The topological polar surface area (TPSA) is 57.6 Å². The van der Waals surface area contributed by atoms with Gasteiger partial charge in [0.1, 0.15) is 11.9 Å². The summed E-state index contributed by atoms with van der Waals surface area (Å²) in [5.41, 5.74) is 0.957. The second-order valence-electron chi connectivity index (χ2n) is 5.88. The minimum atomic E-state index is -0.915. The highest BCUT2D eigenvalue weighted by molar-refractivity contribution is 5.87. The summed E-state index contributed by atoms with van der Waals surface area (Å²) in [6.07, 6.45) is 2.98. The summed E-state index contributed by atoms with van der Waals surface area (Å²) in [5.74, 6) is -1.30. The van der Waals surface area contributed by atoms with Gasteiger partial charge in [-0.1, -0.05) is 12.1 Å². The van der Waals surface area contributed by atoms with E-state index in [9.17, 15) is 19.1 Å². The lowest BCUT2D eigenvalue weighted by atomic mass is 10.0. The molecule has 0 spiro atoms. The van der Waals surface area contributed by atoms with E-state index in [1.165, 1.54) is 17.0 Å². The van der Waals surface area contributed by atoms with Crippen molar-refractivity contribution in [2.45, 2.75) is 37.6 Å². The van der Waals surface area contributed by atoms with E-state index in [1.807, 2.05) is 0 Å². The zero-order valence-corrected chi connectivity index (χ0v) is 11.7. The van der Waals surface area contributed by atoms with Crippen molar-refractivity contribution in [1.82, 2.24) is 4.90 Å². The van der Waals surface area contributed by atoms with Crippen LogP contribution >= 0.6 is 0 Å². The Bertz CT molecular complexity index is 557. The monoisotopic (exact) mass is 291 g/mol. The van der Waals surface area contributed by atoms with Gasteiger partial charge in [0.05, 0.1) is 0 Å². The van der Waals surface area contributed by atoms with E-state index in [2.05, 4.69) is 0 Å². The van der Waals surface area contributed by atoms with Gasteiger partial charge in [-0.3, -0.25) is 4.79 Å². The van der Waals surface area contributed by atoms with Crippen LogP contribution in [0.2, 0.25) is 0 Å². The molecule has 1 aromatic carbocycles. The molecule has 5 heteroatoms. The van der Waals surface area contributed by atoms with Crippen LogP contribution in [-0.2, 0) is 9.59 Å². The maximum atomic E-state index is 12.9. The molecule has 21 heavy (non-hydrogen) atoms. The number of carboxylic acid groups (broad SMARTS) is 1. The van der Waals surface area contributed by atoms with Crippen LogP contribution in [0.3, 0.4) is 0 Å². The summed E-state index contributed by atoms with van der Waals surface area (Å²) in [6, 6.07) is 5.53. The van der Waals surface area contributed by atoms with Gasteiger partial charge in [-0.2, -0.15) is 0 Å². The molecule has 3 atom stereocenters. The molecule has 4 nitrogen and oxygen atoms in total.